The number of sulfonamides is 1. The summed E-state index contributed by atoms with van der Waals surface area (Å²) in [6.07, 6.45) is 0. The van der Waals surface area contributed by atoms with E-state index in [0.717, 1.165) is 9.87 Å². The van der Waals surface area contributed by atoms with Gasteiger partial charge < -0.3 is 5.32 Å². The zero-order valence-corrected chi connectivity index (χ0v) is 15.7. The first-order valence-electron chi connectivity index (χ1n) is 8.55. The van der Waals surface area contributed by atoms with Gasteiger partial charge >= 0.3 is 0 Å². The predicted octanol–water partition coefficient (Wildman–Crippen LogP) is 3.60. The molecule has 7 heteroatoms. The summed E-state index contributed by atoms with van der Waals surface area (Å²) in [7, 11) is -4.08. The van der Waals surface area contributed by atoms with Crippen LogP contribution in [-0.4, -0.2) is 20.2 Å². The van der Waals surface area contributed by atoms with Gasteiger partial charge in [-0.15, -0.1) is 0 Å². The Morgan fingerprint density at radius 3 is 2.39 bits per heavy atom. The number of para-hydroxylation sites is 1. The number of carbonyl (C=O) groups excluding carboxylic acids is 2. The first-order valence-corrected chi connectivity index (χ1v) is 9.99. The third kappa shape index (κ3) is 2.95. The average Bonchev–Trinajstić information content (AvgIpc) is 2.88. The quantitative estimate of drug-likeness (QED) is 0.738. The van der Waals surface area contributed by atoms with Crippen LogP contribution >= 0.6 is 0 Å². The van der Waals surface area contributed by atoms with E-state index in [4.69, 9.17) is 0 Å². The van der Waals surface area contributed by atoms with Gasteiger partial charge in [-0.1, -0.05) is 30.3 Å². The molecular formula is C21H16N2O4S. The molecule has 1 aliphatic rings. The van der Waals surface area contributed by atoms with Crippen LogP contribution in [0.4, 0.5) is 11.4 Å². The number of benzene rings is 3. The summed E-state index contributed by atoms with van der Waals surface area (Å²) in [5, 5.41) is 2.74. The van der Waals surface area contributed by atoms with Crippen molar-refractivity contribution in [2.45, 2.75) is 11.8 Å². The zero-order chi connectivity index (χ0) is 19.9. The van der Waals surface area contributed by atoms with E-state index in [2.05, 4.69) is 5.32 Å². The fraction of sp³-hybridized carbons (Fsp3) is 0.0476. The van der Waals surface area contributed by atoms with Crippen LogP contribution in [0.15, 0.2) is 77.7 Å². The van der Waals surface area contributed by atoms with Gasteiger partial charge in [0.2, 0.25) is 0 Å². The third-order valence-corrected chi connectivity index (χ3v) is 6.19. The third-order valence-electron chi connectivity index (χ3n) is 4.44. The van der Waals surface area contributed by atoms with E-state index >= 15 is 0 Å². The number of anilines is 2. The maximum absolute atomic E-state index is 12.9. The molecule has 0 spiro atoms. The SMILES string of the molecule is Cc1cccc(NC(=O)c2ccc3c(c2)S(=O)(=O)N(c2ccccc2)C3=O)c1. The molecule has 0 radical (unpaired) electrons. The van der Waals surface area contributed by atoms with Gasteiger partial charge in [-0.05, 0) is 55.0 Å². The Morgan fingerprint density at radius 2 is 1.68 bits per heavy atom. The Kier molecular flexibility index (Phi) is 4.24. The van der Waals surface area contributed by atoms with Crippen LogP contribution in [0.2, 0.25) is 0 Å². The van der Waals surface area contributed by atoms with Crippen molar-refractivity contribution >= 4 is 33.2 Å². The fourth-order valence-electron chi connectivity index (χ4n) is 3.12. The lowest BCUT2D eigenvalue weighted by molar-refractivity contribution is 0.100. The molecule has 2 amide bonds. The van der Waals surface area contributed by atoms with Crippen molar-refractivity contribution in [1.82, 2.24) is 0 Å². The van der Waals surface area contributed by atoms with Crippen LogP contribution in [0.1, 0.15) is 26.3 Å². The van der Waals surface area contributed by atoms with Crippen molar-refractivity contribution in [1.29, 1.82) is 0 Å². The second kappa shape index (κ2) is 6.61. The number of carbonyl (C=O) groups is 2. The standard InChI is InChI=1S/C21H16N2O4S/c1-14-6-5-7-16(12-14)22-20(24)15-10-11-18-19(13-15)28(26,27)23(21(18)25)17-8-3-2-4-9-17/h2-13H,1H3,(H,22,24). The Balaban J connectivity index is 1.70. The topological polar surface area (TPSA) is 83.6 Å². The number of amides is 2. The highest BCUT2D eigenvalue weighted by molar-refractivity contribution is 7.94. The smallest absolute Gasteiger partial charge is 0.273 e. The summed E-state index contributed by atoms with van der Waals surface area (Å²) < 4.78 is 26.7. The molecule has 3 aromatic rings. The summed E-state index contributed by atoms with van der Waals surface area (Å²) in [5.74, 6) is -1.08. The van der Waals surface area contributed by atoms with Crippen LogP contribution in [-0.2, 0) is 10.0 Å². The molecule has 0 aliphatic carbocycles. The van der Waals surface area contributed by atoms with E-state index in [0.29, 0.717) is 5.69 Å². The fourth-order valence-corrected chi connectivity index (χ4v) is 4.74. The first kappa shape index (κ1) is 17.9. The summed E-state index contributed by atoms with van der Waals surface area (Å²) in [6.45, 7) is 1.90. The second-order valence-corrected chi connectivity index (χ2v) is 8.20. The van der Waals surface area contributed by atoms with Crippen LogP contribution < -0.4 is 9.62 Å². The van der Waals surface area contributed by atoms with Crippen LogP contribution in [0.5, 0.6) is 0 Å². The number of hydrogen-bond donors (Lipinski definition) is 1. The molecule has 28 heavy (non-hydrogen) atoms. The maximum atomic E-state index is 12.9. The van der Waals surface area contributed by atoms with Gasteiger partial charge in [-0.2, -0.15) is 4.31 Å². The summed E-state index contributed by atoms with van der Waals surface area (Å²) in [6, 6.07) is 19.5. The lowest BCUT2D eigenvalue weighted by Crippen LogP contribution is -2.29. The molecule has 0 unspecified atom stereocenters. The molecule has 4 rings (SSSR count). The zero-order valence-electron chi connectivity index (χ0n) is 14.9. The Bertz CT molecular complexity index is 1200. The molecule has 1 aliphatic heterocycles. The van der Waals surface area contributed by atoms with Gasteiger partial charge in [0.05, 0.1) is 11.3 Å². The number of aryl methyl sites for hydroxylation is 1. The van der Waals surface area contributed by atoms with E-state index in [1.807, 2.05) is 25.1 Å². The van der Waals surface area contributed by atoms with Crippen molar-refractivity contribution < 1.29 is 18.0 Å². The lowest BCUT2D eigenvalue weighted by Gasteiger charge is -2.14. The summed E-state index contributed by atoms with van der Waals surface area (Å²) in [5.41, 5.74) is 2.06. The highest BCUT2D eigenvalue weighted by atomic mass is 32.2. The van der Waals surface area contributed by atoms with Crippen molar-refractivity contribution in [3.8, 4) is 0 Å². The van der Waals surface area contributed by atoms with E-state index in [-0.39, 0.29) is 21.7 Å². The van der Waals surface area contributed by atoms with E-state index in [1.165, 1.54) is 18.2 Å². The highest BCUT2D eigenvalue weighted by Crippen LogP contribution is 2.35. The van der Waals surface area contributed by atoms with Gasteiger partial charge in [-0.3, -0.25) is 9.59 Å². The van der Waals surface area contributed by atoms with Crippen molar-refractivity contribution in [2.75, 3.05) is 9.62 Å². The minimum absolute atomic E-state index is 0.0518. The summed E-state index contributed by atoms with van der Waals surface area (Å²) >= 11 is 0. The van der Waals surface area contributed by atoms with Crippen LogP contribution in [0.25, 0.3) is 0 Å². The van der Waals surface area contributed by atoms with Gasteiger partial charge in [0.15, 0.2) is 0 Å². The molecule has 0 fully saturated rings. The normalized spacial score (nSPS) is 14.6. The van der Waals surface area contributed by atoms with Crippen molar-refractivity contribution in [2.24, 2.45) is 0 Å². The second-order valence-electron chi connectivity index (χ2n) is 6.44. The Morgan fingerprint density at radius 1 is 0.929 bits per heavy atom. The van der Waals surface area contributed by atoms with E-state index in [9.17, 15) is 18.0 Å². The monoisotopic (exact) mass is 392 g/mol. The van der Waals surface area contributed by atoms with Crippen molar-refractivity contribution in [3.63, 3.8) is 0 Å². The van der Waals surface area contributed by atoms with Crippen molar-refractivity contribution in [3.05, 3.63) is 89.5 Å². The summed E-state index contributed by atoms with van der Waals surface area (Å²) in [4.78, 5) is 25.1. The van der Waals surface area contributed by atoms with Crippen LogP contribution in [0.3, 0.4) is 0 Å². The Hall–Kier alpha value is -3.45. The van der Waals surface area contributed by atoms with E-state index < -0.39 is 21.8 Å². The molecular weight excluding hydrogens is 376 g/mol. The van der Waals surface area contributed by atoms with Gasteiger partial charge in [0.1, 0.15) is 4.90 Å². The van der Waals surface area contributed by atoms with Gasteiger partial charge in [0.25, 0.3) is 21.8 Å². The number of nitrogens with zero attached hydrogens (tertiary/aromatic N) is 1. The largest absolute Gasteiger partial charge is 0.322 e. The number of hydrogen-bond acceptors (Lipinski definition) is 4. The minimum Gasteiger partial charge on any atom is -0.322 e. The molecule has 1 heterocycles. The molecule has 0 aromatic heterocycles. The van der Waals surface area contributed by atoms with Gasteiger partial charge in [0, 0.05) is 11.3 Å². The number of rotatable bonds is 3. The van der Waals surface area contributed by atoms with Gasteiger partial charge in [-0.25, -0.2) is 8.42 Å². The molecule has 0 saturated carbocycles. The maximum Gasteiger partial charge on any atom is 0.273 e. The van der Waals surface area contributed by atoms with E-state index in [1.54, 1.807) is 36.4 Å². The molecule has 0 saturated heterocycles. The molecule has 0 atom stereocenters. The minimum atomic E-state index is -4.08. The molecule has 0 bridgehead atoms. The number of fused-ring (bicyclic) bond motifs is 1. The lowest BCUT2D eigenvalue weighted by atomic mass is 10.1. The predicted molar refractivity (Wildman–Crippen MR) is 106 cm³/mol. The highest BCUT2D eigenvalue weighted by Gasteiger charge is 2.42. The molecule has 140 valence electrons. The first-order chi connectivity index (χ1) is 13.4. The molecule has 3 aromatic carbocycles. The van der Waals surface area contributed by atoms with Crippen LogP contribution in [0, 0.1) is 6.92 Å². The Labute approximate surface area is 162 Å². The molecule has 1 N–H and O–H groups in total. The average molecular weight is 392 g/mol. The number of nitrogens with one attached hydrogen (secondary N) is 1. The molecule has 6 nitrogen and oxygen atoms in total.